The Morgan fingerprint density at radius 2 is 2.00 bits per heavy atom. The average molecular weight is 318 g/mol. The van der Waals surface area contributed by atoms with Crippen LogP contribution in [0.25, 0.3) is 10.2 Å². The Morgan fingerprint density at radius 3 is 2.76 bits per heavy atom. The molecule has 3 aromatic rings. The van der Waals surface area contributed by atoms with E-state index in [1.807, 2.05) is 24.3 Å². The van der Waals surface area contributed by atoms with Gasteiger partial charge in [0.1, 0.15) is 0 Å². The minimum atomic E-state index is -0.107. The van der Waals surface area contributed by atoms with Gasteiger partial charge in [0, 0.05) is 10.7 Å². The van der Waals surface area contributed by atoms with Crippen molar-refractivity contribution in [1.82, 2.24) is 4.98 Å². The summed E-state index contributed by atoms with van der Waals surface area (Å²) < 4.78 is 0.949. The Morgan fingerprint density at radius 1 is 1.24 bits per heavy atom. The molecule has 0 saturated heterocycles. The van der Waals surface area contributed by atoms with Crippen molar-refractivity contribution in [2.24, 2.45) is 0 Å². The van der Waals surface area contributed by atoms with Gasteiger partial charge in [0.15, 0.2) is 5.13 Å². The first-order valence-electron chi connectivity index (χ1n) is 6.30. The first-order valence-corrected chi connectivity index (χ1v) is 7.50. The number of thiazole rings is 1. The van der Waals surface area contributed by atoms with Crippen LogP contribution in [0.3, 0.4) is 0 Å². The van der Waals surface area contributed by atoms with E-state index in [9.17, 15) is 4.79 Å². The molecule has 0 aliphatic heterocycles. The molecule has 1 heterocycles. The van der Waals surface area contributed by atoms with Crippen molar-refractivity contribution in [2.45, 2.75) is 6.42 Å². The third kappa shape index (κ3) is 3.32. The highest BCUT2D eigenvalue weighted by Crippen LogP contribution is 2.28. The third-order valence-electron chi connectivity index (χ3n) is 2.94. The van der Waals surface area contributed by atoms with E-state index in [0.29, 0.717) is 15.8 Å². The summed E-state index contributed by atoms with van der Waals surface area (Å²) in [6.07, 6.45) is 0.289. The minimum absolute atomic E-state index is 0.107. The summed E-state index contributed by atoms with van der Waals surface area (Å²) in [7, 11) is 0. The number of nitrogens with two attached hydrogens (primary N) is 1. The van der Waals surface area contributed by atoms with Crippen molar-refractivity contribution in [3.63, 3.8) is 0 Å². The van der Waals surface area contributed by atoms with Crippen LogP contribution in [0.5, 0.6) is 0 Å². The SMILES string of the molecule is Nc1ccc(CC(=O)Nc2nc3ccc(Cl)cc3s2)cc1. The summed E-state index contributed by atoms with van der Waals surface area (Å²) in [6.45, 7) is 0. The van der Waals surface area contributed by atoms with Gasteiger partial charge in [-0.25, -0.2) is 4.98 Å². The maximum Gasteiger partial charge on any atom is 0.230 e. The molecular formula is C15H12ClN3OS. The number of halogens is 1. The van der Waals surface area contributed by atoms with E-state index < -0.39 is 0 Å². The number of hydrogen-bond donors (Lipinski definition) is 2. The monoisotopic (exact) mass is 317 g/mol. The topological polar surface area (TPSA) is 68.0 Å². The fourth-order valence-corrected chi connectivity index (χ4v) is 3.09. The van der Waals surface area contributed by atoms with E-state index in [2.05, 4.69) is 10.3 Å². The Bertz CT molecular complexity index is 798. The number of nitrogens with one attached hydrogen (secondary N) is 1. The Hall–Kier alpha value is -2.11. The maximum absolute atomic E-state index is 12.0. The van der Waals surface area contributed by atoms with Crippen LogP contribution >= 0.6 is 22.9 Å². The van der Waals surface area contributed by atoms with Crippen molar-refractivity contribution >= 4 is 49.9 Å². The lowest BCUT2D eigenvalue weighted by Gasteiger charge is -2.02. The van der Waals surface area contributed by atoms with Crippen molar-refractivity contribution in [2.75, 3.05) is 11.1 Å². The van der Waals surface area contributed by atoms with Crippen molar-refractivity contribution < 1.29 is 4.79 Å². The van der Waals surface area contributed by atoms with Gasteiger partial charge in [-0.2, -0.15) is 0 Å². The molecule has 3 rings (SSSR count). The summed E-state index contributed by atoms with van der Waals surface area (Å²) in [5.41, 5.74) is 8.03. The first kappa shape index (κ1) is 13.9. The fraction of sp³-hybridized carbons (Fsp3) is 0.0667. The van der Waals surface area contributed by atoms with Crippen molar-refractivity contribution in [1.29, 1.82) is 0 Å². The first-order chi connectivity index (χ1) is 10.1. The zero-order valence-electron chi connectivity index (χ0n) is 11.0. The van der Waals surface area contributed by atoms with Gasteiger partial charge in [0.2, 0.25) is 5.91 Å². The fourth-order valence-electron chi connectivity index (χ4n) is 1.94. The summed E-state index contributed by atoms with van der Waals surface area (Å²) in [5, 5.41) is 4.04. The molecule has 2 aromatic carbocycles. The lowest BCUT2D eigenvalue weighted by molar-refractivity contribution is -0.115. The number of fused-ring (bicyclic) bond motifs is 1. The molecule has 0 aliphatic carbocycles. The van der Waals surface area contributed by atoms with E-state index in [4.69, 9.17) is 17.3 Å². The molecule has 3 N–H and O–H groups in total. The van der Waals surface area contributed by atoms with Crippen molar-refractivity contribution in [3.8, 4) is 0 Å². The van der Waals surface area contributed by atoms with Gasteiger partial charge >= 0.3 is 0 Å². The highest BCUT2D eigenvalue weighted by Gasteiger charge is 2.09. The molecule has 21 heavy (non-hydrogen) atoms. The van der Waals surface area contributed by atoms with Crippen LogP contribution in [0.2, 0.25) is 5.02 Å². The Labute approximate surface area is 130 Å². The molecule has 0 atom stereocenters. The second-order valence-electron chi connectivity index (χ2n) is 4.60. The van der Waals surface area contributed by atoms with E-state index in [1.165, 1.54) is 11.3 Å². The highest BCUT2D eigenvalue weighted by atomic mass is 35.5. The number of nitrogens with zero attached hydrogens (tertiary/aromatic N) is 1. The van der Waals surface area contributed by atoms with Gasteiger partial charge in [0.25, 0.3) is 0 Å². The molecule has 0 fully saturated rings. The Balaban J connectivity index is 1.72. The maximum atomic E-state index is 12.0. The van der Waals surface area contributed by atoms with Crippen LogP contribution in [-0.2, 0) is 11.2 Å². The van der Waals surface area contributed by atoms with Gasteiger partial charge in [-0.1, -0.05) is 35.1 Å². The third-order valence-corrected chi connectivity index (χ3v) is 4.11. The van der Waals surface area contributed by atoms with Crippen LogP contribution in [0.15, 0.2) is 42.5 Å². The predicted octanol–water partition coefficient (Wildman–Crippen LogP) is 3.71. The minimum Gasteiger partial charge on any atom is -0.399 e. The number of nitrogen functional groups attached to an aromatic ring is 1. The van der Waals surface area contributed by atoms with Gasteiger partial charge in [-0.15, -0.1) is 0 Å². The molecule has 0 unspecified atom stereocenters. The predicted molar refractivity (Wildman–Crippen MR) is 87.8 cm³/mol. The quantitative estimate of drug-likeness (QED) is 0.723. The van der Waals surface area contributed by atoms with Crippen LogP contribution in [0.4, 0.5) is 10.8 Å². The van der Waals surface area contributed by atoms with Gasteiger partial charge in [-0.3, -0.25) is 4.79 Å². The van der Waals surface area contributed by atoms with Crippen LogP contribution in [0.1, 0.15) is 5.56 Å². The second-order valence-corrected chi connectivity index (χ2v) is 6.06. The van der Waals surface area contributed by atoms with Crippen LogP contribution in [0, 0.1) is 0 Å². The number of anilines is 2. The molecule has 1 aromatic heterocycles. The summed E-state index contributed by atoms with van der Waals surface area (Å²) >= 11 is 7.34. The summed E-state index contributed by atoms with van der Waals surface area (Å²) in [4.78, 5) is 16.4. The number of rotatable bonds is 3. The normalized spacial score (nSPS) is 10.7. The Kier molecular flexibility index (Phi) is 3.77. The van der Waals surface area contributed by atoms with E-state index in [1.54, 1.807) is 18.2 Å². The summed E-state index contributed by atoms with van der Waals surface area (Å²) in [6, 6.07) is 12.7. The molecule has 0 spiro atoms. The summed E-state index contributed by atoms with van der Waals surface area (Å²) in [5.74, 6) is -0.107. The van der Waals surface area contributed by atoms with Gasteiger partial charge < -0.3 is 11.1 Å². The molecule has 0 bridgehead atoms. The highest BCUT2D eigenvalue weighted by molar-refractivity contribution is 7.22. The zero-order chi connectivity index (χ0) is 14.8. The standard InChI is InChI=1S/C15H12ClN3OS/c16-10-3-6-12-13(8-10)21-15(18-12)19-14(20)7-9-1-4-11(17)5-2-9/h1-6,8H,7,17H2,(H,18,19,20). The lowest BCUT2D eigenvalue weighted by atomic mass is 10.1. The number of benzene rings is 2. The number of carbonyl (C=O) groups is 1. The number of carbonyl (C=O) groups excluding carboxylic acids is 1. The number of aromatic nitrogens is 1. The molecule has 0 radical (unpaired) electrons. The van der Waals surface area contributed by atoms with Crippen LogP contribution < -0.4 is 11.1 Å². The lowest BCUT2D eigenvalue weighted by Crippen LogP contribution is -2.14. The molecule has 0 saturated carbocycles. The number of hydrogen-bond acceptors (Lipinski definition) is 4. The molecule has 0 aliphatic rings. The molecule has 4 nitrogen and oxygen atoms in total. The average Bonchev–Trinajstić information content (AvgIpc) is 2.82. The largest absolute Gasteiger partial charge is 0.399 e. The molecule has 1 amide bonds. The van der Waals surface area contributed by atoms with Crippen molar-refractivity contribution in [3.05, 3.63) is 53.1 Å². The second kappa shape index (κ2) is 5.71. The van der Waals surface area contributed by atoms with E-state index in [0.717, 1.165) is 15.8 Å². The van der Waals surface area contributed by atoms with E-state index >= 15 is 0 Å². The molecule has 6 heteroatoms. The number of amides is 1. The van der Waals surface area contributed by atoms with Gasteiger partial charge in [0.05, 0.1) is 16.6 Å². The zero-order valence-corrected chi connectivity index (χ0v) is 12.5. The van der Waals surface area contributed by atoms with Crippen LogP contribution in [-0.4, -0.2) is 10.9 Å². The smallest absolute Gasteiger partial charge is 0.230 e. The molecule has 106 valence electrons. The molecular weight excluding hydrogens is 306 g/mol. The van der Waals surface area contributed by atoms with Gasteiger partial charge in [-0.05, 0) is 35.9 Å². The van der Waals surface area contributed by atoms with E-state index in [-0.39, 0.29) is 12.3 Å².